The average molecular weight is 502 g/mol. The van der Waals surface area contributed by atoms with Crippen molar-refractivity contribution in [1.82, 2.24) is 15.6 Å². The van der Waals surface area contributed by atoms with Crippen LogP contribution >= 0.6 is 35.3 Å². The smallest absolute Gasteiger partial charge is 0.191 e. The molecule has 1 aromatic carbocycles. The molecule has 1 aromatic heterocycles. The fourth-order valence-electron chi connectivity index (χ4n) is 2.46. The molecule has 0 bridgehead atoms. The summed E-state index contributed by atoms with van der Waals surface area (Å²) < 4.78 is 5.45. The molecule has 0 amide bonds. The summed E-state index contributed by atoms with van der Waals surface area (Å²) in [4.78, 5) is 9.02. The molecule has 0 unspecified atom stereocenters. The molecular weight excluding hydrogens is 471 g/mol. The van der Waals surface area contributed by atoms with Crippen LogP contribution in [-0.2, 0) is 18.4 Å². The Balaban J connectivity index is 0.00000364. The number of rotatable bonds is 6. The summed E-state index contributed by atoms with van der Waals surface area (Å²) in [5, 5.41) is 10.00. The summed E-state index contributed by atoms with van der Waals surface area (Å²) in [6.45, 7) is 10.1. The zero-order chi connectivity index (χ0) is 19.2. The molecular formula is C20H31IN4OS. The largest absolute Gasteiger partial charge is 0.496 e. The highest BCUT2D eigenvalue weighted by molar-refractivity contribution is 14.0. The molecule has 0 spiro atoms. The van der Waals surface area contributed by atoms with E-state index in [9.17, 15) is 0 Å². The molecule has 2 rings (SSSR count). The van der Waals surface area contributed by atoms with E-state index in [1.165, 1.54) is 5.56 Å². The van der Waals surface area contributed by atoms with E-state index in [2.05, 4.69) is 60.8 Å². The zero-order valence-corrected chi connectivity index (χ0v) is 20.2. The first-order valence-electron chi connectivity index (χ1n) is 8.86. The van der Waals surface area contributed by atoms with E-state index in [-0.39, 0.29) is 29.4 Å². The van der Waals surface area contributed by atoms with Crippen molar-refractivity contribution < 1.29 is 4.74 Å². The summed E-state index contributed by atoms with van der Waals surface area (Å²) in [6, 6.07) is 6.21. The Bertz CT molecular complexity index is 753. The van der Waals surface area contributed by atoms with Gasteiger partial charge in [0.05, 0.1) is 17.8 Å². The summed E-state index contributed by atoms with van der Waals surface area (Å²) in [5.41, 5.74) is 3.56. The second-order valence-electron chi connectivity index (χ2n) is 7.29. The first kappa shape index (κ1) is 23.7. The number of benzene rings is 1. The van der Waals surface area contributed by atoms with Crippen molar-refractivity contribution in [2.75, 3.05) is 20.7 Å². The highest BCUT2D eigenvalue weighted by atomic mass is 127. The molecule has 27 heavy (non-hydrogen) atoms. The highest BCUT2D eigenvalue weighted by Gasteiger charge is 2.17. The maximum Gasteiger partial charge on any atom is 0.191 e. The molecule has 150 valence electrons. The summed E-state index contributed by atoms with van der Waals surface area (Å²) in [6.07, 6.45) is 0.884. The number of halogens is 1. The van der Waals surface area contributed by atoms with Crippen LogP contribution in [0.4, 0.5) is 0 Å². The fourth-order valence-corrected chi connectivity index (χ4v) is 3.48. The minimum atomic E-state index is 0. The number of guanidine groups is 1. The van der Waals surface area contributed by atoms with E-state index >= 15 is 0 Å². The predicted octanol–water partition coefficient (Wildman–Crippen LogP) is 4.28. The van der Waals surface area contributed by atoms with Gasteiger partial charge in [-0.1, -0.05) is 32.9 Å². The SMILES string of the molecule is CN=C(NCCc1nc(C(C)(C)C)cs1)NCc1ccc(C)cc1OC.I. The molecule has 0 fully saturated rings. The predicted molar refractivity (Wildman–Crippen MR) is 126 cm³/mol. The quantitative estimate of drug-likeness (QED) is 0.352. The van der Waals surface area contributed by atoms with Gasteiger partial charge in [-0.05, 0) is 18.6 Å². The molecule has 2 aromatic rings. The lowest BCUT2D eigenvalue weighted by Crippen LogP contribution is -2.37. The molecule has 1 heterocycles. The highest BCUT2D eigenvalue weighted by Crippen LogP contribution is 2.24. The van der Waals surface area contributed by atoms with Crippen LogP contribution in [0.25, 0.3) is 0 Å². The van der Waals surface area contributed by atoms with Crippen molar-refractivity contribution in [1.29, 1.82) is 0 Å². The first-order chi connectivity index (χ1) is 12.3. The van der Waals surface area contributed by atoms with Crippen LogP contribution in [0.1, 0.15) is 42.6 Å². The molecule has 0 saturated heterocycles. The van der Waals surface area contributed by atoms with Crippen LogP contribution in [0.3, 0.4) is 0 Å². The molecule has 0 radical (unpaired) electrons. The Morgan fingerprint density at radius 3 is 2.59 bits per heavy atom. The van der Waals surface area contributed by atoms with Gasteiger partial charge in [-0.3, -0.25) is 4.99 Å². The van der Waals surface area contributed by atoms with Crippen molar-refractivity contribution in [3.05, 3.63) is 45.4 Å². The number of nitrogens with zero attached hydrogens (tertiary/aromatic N) is 2. The van der Waals surface area contributed by atoms with Crippen molar-refractivity contribution in [3.8, 4) is 5.75 Å². The van der Waals surface area contributed by atoms with E-state index in [0.717, 1.165) is 40.9 Å². The van der Waals surface area contributed by atoms with Gasteiger partial charge in [0.1, 0.15) is 5.75 Å². The van der Waals surface area contributed by atoms with Gasteiger partial charge in [0.15, 0.2) is 5.96 Å². The Labute approximate surface area is 184 Å². The Hall–Kier alpha value is -1.35. The van der Waals surface area contributed by atoms with Crippen LogP contribution in [-0.4, -0.2) is 31.6 Å². The Morgan fingerprint density at radius 1 is 1.26 bits per heavy atom. The fraction of sp³-hybridized carbons (Fsp3) is 0.500. The van der Waals surface area contributed by atoms with E-state index in [4.69, 9.17) is 9.72 Å². The first-order valence-corrected chi connectivity index (χ1v) is 9.74. The Morgan fingerprint density at radius 2 is 2.00 bits per heavy atom. The van der Waals surface area contributed by atoms with E-state index in [0.29, 0.717) is 6.54 Å². The molecule has 0 saturated carbocycles. The lowest BCUT2D eigenvalue weighted by Gasteiger charge is -2.14. The molecule has 7 heteroatoms. The number of hydrogen-bond donors (Lipinski definition) is 2. The Kier molecular flexibility index (Phi) is 9.52. The minimum absolute atomic E-state index is 0. The summed E-state index contributed by atoms with van der Waals surface area (Å²) in [7, 11) is 3.48. The van der Waals surface area contributed by atoms with Crippen LogP contribution < -0.4 is 15.4 Å². The number of methoxy groups -OCH3 is 1. The number of nitrogens with one attached hydrogen (secondary N) is 2. The second kappa shape index (κ2) is 10.8. The lowest BCUT2D eigenvalue weighted by molar-refractivity contribution is 0.408. The monoisotopic (exact) mass is 502 g/mol. The minimum Gasteiger partial charge on any atom is -0.496 e. The maximum atomic E-state index is 5.45. The number of thiazole rings is 1. The molecule has 0 aliphatic rings. The number of aromatic nitrogens is 1. The third kappa shape index (κ3) is 7.29. The third-order valence-electron chi connectivity index (χ3n) is 4.06. The van der Waals surface area contributed by atoms with E-state index in [1.54, 1.807) is 25.5 Å². The van der Waals surface area contributed by atoms with Crippen molar-refractivity contribution in [3.63, 3.8) is 0 Å². The van der Waals surface area contributed by atoms with Gasteiger partial charge < -0.3 is 15.4 Å². The molecule has 5 nitrogen and oxygen atoms in total. The zero-order valence-electron chi connectivity index (χ0n) is 17.0. The molecule has 2 N–H and O–H groups in total. The van der Waals surface area contributed by atoms with Crippen LogP contribution in [0.15, 0.2) is 28.6 Å². The number of ether oxygens (including phenoxy) is 1. The maximum absolute atomic E-state index is 5.45. The van der Waals surface area contributed by atoms with E-state index in [1.807, 2.05) is 6.07 Å². The normalized spacial score (nSPS) is 11.7. The lowest BCUT2D eigenvalue weighted by atomic mass is 9.93. The molecule has 0 atom stereocenters. The van der Waals surface area contributed by atoms with Gasteiger partial charge in [-0.15, -0.1) is 35.3 Å². The van der Waals surface area contributed by atoms with Crippen molar-refractivity contribution in [2.24, 2.45) is 4.99 Å². The van der Waals surface area contributed by atoms with Crippen LogP contribution in [0.5, 0.6) is 5.75 Å². The van der Waals surface area contributed by atoms with Gasteiger partial charge in [0, 0.05) is 42.9 Å². The van der Waals surface area contributed by atoms with Crippen LogP contribution in [0.2, 0.25) is 0 Å². The van der Waals surface area contributed by atoms with Crippen molar-refractivity contribution >= 4 is 41.3 Å². The van der Waals surface area contributed by atoms with Gasteiger partial charge >= 0.3 is 0 Å². The van der Waals surface area contributed by atoms with Gasteiger partial charge in [-0.2, -0.15) is 0 Å². The van der Waals surface area contributed by atoms with Gasteiger partial charge in [0.25, 0.3) is 0 Å². The standard InChI is InChI=1S/C20H30N4OS.HI/c1-14-7-8-15(16(11-14)25-6)12-23-19(21-5)22-10-9-18-24-17(13-26-18)20(2,3)4;/h7-8,11,13H,9-10,12H2,1-6H3,(H2,21,22,23);1H. The summed E-state index contributed by atoms with van der Waals surface area (Å²) in [5.74, 6) is 1.67. The van der Waals surface area contributed by atoms with Gasteiger partial charge in [-0.25, -0.2) is 4.98 Å². The molecule has 0 aliphatic carbocycles. The second-order valence-corrected chi connectivity index (χ2v) is 8.24. The van der Waals surface area contributed by atoms with Gasteiger partial charge in [0.2, 0.25) is 0 Å². The number of aryl methyl sites for hydroxylation is 1. The number of aliphatic imine (C=N–C) groups is 1. The topological polar surface area (TPSA) is 58.5 Å². The van der Waals surface area contributed by atoms with Crippen molar-refractivity contribution in [2.45, 2.75) is 46.1 Å². The third-order valence-corrected chi connectivity index (χ3v) is 4.97. The average Bonchev–Trinajstić information content (AvgIpc) is 3.08. The van der Waals surface area contributed by atoms with Crippen LogP contribution in [0, 0.1) is 6.92 Å². The molecule has 0 aliphatic heterocycles. The van der Waals surface area contributed by atoms with E-state index < -0.39 is 0 Å². The summed E-state index contributed by atoms with van der Waals surface area (Å²) >= 11 is 1.72. The number of hydrogen-bond acceptors (Lipinski definition) is 4.